The Hall–Kier alpha value is -2.71. The van der Waals surface area contributed by atoms with Crippen LogP contribution in [0.25, 0.3) is 0 Å². The van der Waals surface area contributed by atoms with Crippen molar-refractivity contribution >= 4 is 5.91 Å². The van der Waals surface area contributed by atoms with Crippen LogP contribution in [-0.2, 0) is 16.1 Å². The highest BCUT2D eigenvalue weighted by Gasteiger charge is 2.35. The maximum atomic E-state index is 12.8. The van der Waals surface area contributed by atoms with E-state index in [1.807, 2.05) is 30.3 Å². The number of benzene rings is 1. The number of aromatic nitrogens is 2. The third-order valence-electron chi connectivity index (χ3n) is 4.46. The highest BCUT2D eigenvalue weighted by Crippen LogP contribution is 2.30. The molecule has 2 N–H and O–H groups in total. The third-order valence-corrected chi connectivity index (χ3v) is 4.46. The Morgan fingerprint density at radius 2 is 2.00 bits per heavy atom. The van der Waals surface area contributed by atoms with Crippen LogP contribution in [0.15, 0.2) is 52.2 Å². The Labute approximate surface area is 149 Å². The van der Waals surface area contributed by atoms with Crippen molar-refractivity contribution in [1.82, 2.24) is 14.5 Å². The van der Waals surface area contributed by atoms with Gasteiger partial charge < -0.3 is 19.3 Å². The van der Waals surface area contributed by atoms with Crippen LogP contribution < -0.4 is 11.2 Å². The molecule has 0 saturated carbocycles. The summed E-state index contributed by atoms with van der Waals surface area (Å²) in [5, 5.41) is 9.65. The summed E-state index contributed by atoms with van der Waals surface area (Å²) in [7, 11) is 0. The zero-order chi connectivity index (χ0) is 18.5. The van der Waals surface area contributed by atoms with E-state index in [1.165, 1.54) is 16.8 Å². The van der Waals surface area contributed by atoms with Gasteiger partial charge in [-0.3, -0.25) is 14.6 Å². The molecule has 1 aliphatic heterocycles. The van der Waals surface area contributed by atoms with Crippen molar-refractivity contribution in [3.8, 4) is 0 Å². The monoisotopic (exact) mass is 359 g/mol. The number of hydrogen-bond donors (Lipinski definition) is 2. The normalized spacial score (nSPS) is 20.1. The molecule has 1 aliphatic rings. The van der Waals surface area contributed by atoms with E-state index < -0.39 is 17.4 Å². The Morgan fingerprint density at radius 1 is 1.23 bits per heavy atom. The summed E-state index contributed by atoms with van der Waals surface area (Å²) in [6.07, 6.45) is 0.984. The molecule has 0 spiro atoms. The molecule has 0 radical (unpaired) electrons. The van der Waals surface area contributed by atoms with Gasteiger partial charge in [0.1, 0.15) is 6.10 Å². The predicted octanol–water partition coefficient (Wildman–Crippen LogP) is -0.112. The number of aryl methyl sites for hydroxylation is 1. The van der Waals surface area contributed by atoms with Crippen molar-refractivity contribution in [2.45, 2.75) is 25.1 Å². The van der Waals surface area contributed by atoms with E-state index in [1.54, 1.807) is 4.90 Å². The summed E-state index contributed by atoms with van der Waals surface area (Å²) < 4.78 is 6.92. The quantitative estimate of drug-likeness (QED) is 0.775. The molecule has 8 heteroatoms. The van der Waals surface area contributed by atoms with Crippen LogP contribution in [-0.4, -0.2) is 51.3 Å². The first-order valence-electron chi connectivity index (χ1n) is 8.47. The van der Waals surface area contributed by atoms with E-state index in [0.29, 0.717) is 13.2 Å². The second-order valence-electron chi connectivity index (χ2n) is 6.09. The average molecular weight is 359 g/mol. The molecule has 0 unspecified atom stereocenters. The summed E-state index contributed by atoms with van der Waals surface area (Å²) in [6.45, 7) is 0.730. The topological polar surface area (TPSA) is 105 Å². The number of ether oxygens (including phenoxy) is 1. The second-order valence-corrected chi connectivity index (χ2v) is 6.09. The van der Waals surface area contributed by atoms with Gasteiger partial charge >= 0.3 is 5.69 Å². The number of aromatic amines is 1. The van der Waals surface area contributed by atoms with E-state index in [2.05, 4.69) is 4.98 Å². The highest BCUT2D eigenvalue weighted by molar-refractivity contribution is 5.77. The number of nitrogens with zero attached hydrogens (tertiary/aromatic N) is 2. The largest absolute Gasteiger partial charge is 0.394 e. The third kappa shape index (κ3) is 3.92. The molecule has 1 saturated heterocycles. The number of carbonyl (C=O) groups excluding carboxylic acids is 1. The lowest BCUT2D eigenvalue weighted by Gasteiger charge is -2.41. The van der Waals surface area contributed by atoms with Crippen LogP contribution in [0.5, 0.6) is 0 Å². The highest BCUT2D eigenvalue weighted by atomic mass is 16.5. The number of nitrogens with one attached hydrogen (secondary N) is 1. The van der Waals surface area contributed by atoms with Crippen molar-refractivity contribution < 1.29 is 14.6 Å². The Balaban J connectivity index is 1.77. The van der Waals surface area contributed by atoms with E-state index in [4.69, 9.17) is 4.74 Å². The summed E-state index contributed by atoms with van der Waals surface area (Å²) in [5.41, 5.74) is -0.124. The molecule has 0 aliphatic carbocycles. The molecular weight excluding hydrogens is 338 g/mol. The van der Waals surface area contributed by atoms with Gasteiger partial charge in [0.15, 0.2) is 0 Å². The number of hydrogen-bond acceptors (Lipinski definition) is 5. The van der Waals surface area contributed by atoms with Gasteiger partial charge in [-0.25, -0.2) is 4.79 Å². The zero-order valence-corrected chi connectivity index (χ0v) is 14.2. The van der Waals surface area contributed by atoms with Crippen LogP contribution in [0.4, 0.5) is 0 Å². The lowest BCUT2D eigenvalue weighted by atomic mass is 9.98. The molecule has 3 rings (SSSR count). The van der Waals surface area contributed by atoms with Gasteiger partial charge in [-0.2, -0.15) is 0 Å². The van der Waals surface area contributed by atoms with E-state index >= 15 is 0 Å². The lowest BCUT2D eigenvalue weighted by Crippen LogP contribution is -2.49. The van der Waals surface area contributed by atoms with Crippen molar-refractivity contribution in [3.05, 3.63) is 69.0 Å². The summed E-state index contributed by atoms with van der Waals surface area (Å²) in [4.78, 5) is 39.5. The molecule has 1 aromatic carbocycles. The minimum Gasteiger partial charge on any atom is -0.394 e. The summed E-state index contributed by atoms with van der Waals surface area (Å²) in [6, 6.07) is 10.3. The van der Waals surface area contributed by atoms with Crippen molar-refractivity contribution in [2.24, 2.45) is 0 Å². The number of morpholine rings is 1. The van der Waals surface area contributed by atoms with Gasteiger partial charge in [-0.15, -0.1) is 0 Å². The first-order valence-corrected chi connectivity index (χ1v) is 8.47. The average Bonchev–Trinajstić information content (AvgIpc) is 2.67. The molecule has 1 amide bonds. The Bertz CT molecular complexity index is 861. The van der Waals surface area contributed by atoms with Crippen molar-refractivity contribution in [1.29, 1.82) is 0 Å². The lowest BCUT2D eigenvalue weighted by molar-refractivity contribution is -0.150. The summed E-state index contributed by atoms with van der Waals surface area (Å²) in [5.74, 6) is -0.140. The fourth-order valence-electron chi connectivity index (χ4n) is 3.19. The fourth-order valence-corrected chi connectivity index (χ4v) is 3.19. The number of aliphatic hydroxyl groups excluding tert-OH is 1. The number of aliphatic hydroxyl groups is 1. The maximum Gasteiger partial charge on any atom is 0.328 e. The molecule has 2 heterocycles. The Morgan fingerprint density at radius 3 is 2.69 bits per heavy atom. The molecule has 1 fully saturated rings. The van der Waals surface area contributed by atoms with Gasteiger partial charge in [0.2, 0.25) is 5.91 Å². The van der Waals surface area contributed by atoms with E-state index in [0.717, 1.165) is 5.56 Å². The number of rotatable bonds is 5. The molecule has 1 aromatic heterocycles. The molecule has 0 bridgehead atoms. The minimum absolute atomic E-state index is 0.105. The van der Waals surface area contributed by atoms with Gasteiger partial charge in [-0.1, -0.05) is 30.3 Å². The number of amides is 1. The van der Waals surface area contributed by atoms with Gasteiger partial charge in [0.25, 0.3) is 5.56 Å². The van der Waals surface area contributed by atoms with Crippen LogP contribution in [0.2, 0.25) is 0 Å². The second kappa shape index (κ2) is 8.11. The van der Waals surface area contributed by atoms with Crippen molar-refractivity contribution in [3.63, 3.8) is 0 Å². The zero-order valence-electron chi connectivity index (χ0n) is 14.2. The number of carbonyl (C=O) groups is 1. The fraction of sp³-hybridized carbons (Fsp3) is 0.389. The molecule has 138 valence electrons. The summed E-state index contributed by atoms with van der Waals surface area (Å²) >= 11 is 0. The van der Waals surface area contributed by atoms with Crippen LogP contribution in [0, 0.1) is 0 Å². The first-order chi connectivity index (χ1) is 12.6. The van der Waals surface area contributed by atoms with Crippen LogP contribution >= 0.6 is 0 Å². The number of H-pyrrole nitrogens is 1. The smallest absolute Gasteiger partial charge is 0.328 e. The first kappa shape index (κ1) is 18.1. The molecule has 2 atom stereocenters. The van der Waals surface area contributed by atoms with E-state index in [-0.39, 0.29) is 31.5 Å². The molecule has 2 aromatic rings. The van der Waals surface area contributed by atoms with Gasteiger partial charge in [0.05, 0.1) is 19.3 Å². The standard InChI is InChI=1S/C18H21N3O5/c22-12-14-17(13-4-2-1-3-5-13)21(10-11-26-14)16(24)7-9-20-8-6-15(23)19-18(20)25/h1-6,8,14,17,22H,7,9-12H2,(H,19,23,25)/t14-,17-/m0/s1. The van der Waals surface area contributed by atoms with Crippen LogP contribution in [0.3, 0.4) is 0 Å². The van der Waals surface area contributed by atoms with Crippen LogP contribution in [0.1, 0.15) is 18.0 Å². The maximum absolute atomic E-state index is 12.8. The minimum atomic E-state index is -0.542. The molecule has 8 nitrogen and oxygen atoms in total. The van der Waals surface area contributed by atoms with Gasteiger partial charge in [0, 0.05) is 31.8 Å². The molecular formula is C18H21N3O5. The SMILES string of the molecule is O=C(CCn1ccc(=O)[nH]c1=O)N1CCO[C@@H](CO)[C@@H]1c1ccccc1. The van der Waals surface area contributed by atoms with E-state index in [9.17, 15) is 19.5 Å². The predicted molar refractivity (Wildman–Crippen MR) is 93.7 cm³/mol. The van der Waals surface area contributed by atoms with Crippen molar-refractivity contribution in [2.75, 3.05) is 19.8 Å². The molecule has 26 heavy (non-hydrogen) atoms. The Kier molecular flexibility index (Phi) is 5.65. The van der Waals surface area contributed by atoms with Gasteiger partial charge in [-0.05, 0) is 5.56 Å².